The lowest BCUT2D eigenvalue weighted by Crippen LogP contribution is -2.11. The fourth-order valence-electron chi connectivity index (χ4n) is 1.90. The normalized spacial score (nSPS) is 24.0. The van der Waals surface area contributed by atoms with Crippen molar-refractivity contribution in [3.05, 3.63) is 0 Å². The second kappa shape index (κ2) is 17.1. The average Bonchev–Trinajstić information content (AvgIpc) is 2.53. The molecule has 0 atom stereocenters. The molecule has 0 unspecified atom stereocenters. The summed E-state index contributed by atoms with van der Waals surface area (Å²) in [6.45, 7) is 8.42. The maximum absolute atomic E-state index is 5.51. The van der Waals surface area contributed by atoms with Crippen LogP contribution in [0.4, 0.5) is 0 Å². The summed E-state index contributed by atoms with van der Waals surface area (Å²) in [5, 5.41) is 0. The van der Waals surface area contributed by atoms with Crippen molar-refractivity contribution in [3.8, 4) is 0 Å². The zero-order valence-corrected chi connectivity index (χ0v) is 13.8. The minimum absolute atomic E-state index is 0.645. The Balaban J connectivity index is 2.00. The van der Waals surface area contributed by atoms with E-state index in [2.05, 4.69) is 0 Å². The van der Waals surface area contributed by atoms with Gasteiger partial charge in [-0.15, -0.1) is 0 Å². The third-order valence-electron chi connectivity index (χ3n) is 3.05. The molecule has 0 saturated carbocycles. The molecule has 0 aromatic carbocycles. The Morgan fingerprint density at radius 3 is 0.636 bits per heavy atom. The second-order valence-corrected chi connectivity index (χ2v) is 5.09. The molecule has 0 aliphatic carbocycles. The predicted octanol–water partition coefficient (Wildman–Crippen LogP) is 1.66. The molecule has 1 heterocycles. The molecule has 0 aromatic rings. The lowest BCUT2D eigenvalue weighted by Gasteiger charge is -2.09. The Hall–Kier alpha value is -0.240. The van der Waals surface area contributed by atoms with E-state index in [9.17, 15) is 0 Å². The summed E-state index contributed by atoms with van der Waals surface area (Å²) in [6.07, 6.45) is 3.68. The monoisotopic (exact) mass is 320 g/mol. The van der Waals surface area contributed by atoms with Gasteiger partial charge in [-0.3, -0.25) is 0 Å². The van der Waals surface area contributed by atoms with E-state index in [1.165, 1.54) is 0 Å². The van der Waals surface area contributed by atoms with Crippen LogP contribution in [-0.4, -0.2) is 79.3 Å². The molecular weight excluding hydrogens is 288 g/mol. The first-order valence-electron chi connectivity index (χ1n) is 8.46. The summed E-state index contributed by atoms with van der Waals surface area (Å²) in [6, 6.07) is 0. The third-order valence-corrected chi connectivity index (χ3v) is 3.05. The lowest BCUT2D eigenvalue weighted by atomic mass is 10.4. The SMILES string of the molecule is C1COCCCOCCOCCCOCCCOCCOC1. The third kappa shape index (κ3) is 14.7. The van der Waals surface area contributed by atoms with Crippen LogP contribution in [0, 0.1) is 0 Å². The highest BCUT2D eigenvalue weighted by Gasteiger charge is 1.96. The first-order valence-corrected chi connectivity index (χ1v) is 8.46. The van der Waals surface area contributed by atoms with Crippen LogP contribution in [0.2, 0.25) is 0 Å². The number of rotatable bonds is 0. The van der Waals surface area contributed by atoms with Gasteiger partial charge in [0.2, 0.25) is 0 Å². The summed E-state index contributed by atoms with van der Waals surface area (Å²) in [4.78, 5) is 0. The first-order chi connectivity index (χ1) is 11.0. The number of ether oxygens (including phenoxy) is 6. The summed E-state index contributed by atoms with van der Waals surface area (Å²) in [5.41, 5.74) is 0. The minimum Gasteiger partial charge on any atom is -0.381 e. The zero-order chi connectivity index (χ0) is 15.6. The van der Waals surface area contributed by atoms with Crippen molar-refractivity contribution in [3.63, 3.8) is 0 Å². The van der Waals surface area contributed by atoms with Crippen LogP contribution < -0.4 is 0 Å². The van der Waals surface area contributed by atoms with Gasteiger partial charge in [0.25, 0.3) is 0 Å². The Bertz CT molecular complexity index is 117. The van der Waals surface area contributed by atoms with Crippen molar-refractivity contribution < 1.29 is 28.4 Å². The fraction of sp³-hybridized carbons (Fsp3) is 1.00. The lowest BCUT2D eigenvalue weighted by molar-refractivity contribution is 0.0122. The van der Waals surface area contributed by atoms with Crippen LogP contribution in [-0.2, 0) is 28.4 Å². The van der Waals surface area contributed by atoms with Crippen LogP contribution in [0.15, 0.2) is 0 Å². The van der Waals surface area contributed by atoms with E-state index in [0.717, 1.165) is 78.5 Å². The van der Waals surface area contributed by atoms with E-state index in [0.29, 0.717) is 26.4 Å². The number of hydrogen-bond acceptors (Lipinski definition) is 6. The average molecular weight is 320 g/mol. The van der Waals surface area contributed by atoms with E-state index in [-0.39, 0.29) is 0 Å². The molecule has 6 heteroatoms. The van der Waals surface area contributed by atoms with E-state index < -0.39 is 0 Å². The highest BCUT2D eigenvalue weighted by molar-refractivity contribution is 4.41. The van der Waals surface area contributed by atoms with E-state index >= 15 is 0 Å². The van der Waals surface area contributed by atoms with Crippen LogP contribution in [0.1, 0.15) is 25.7 Å². The molecule has 22 heavy (non-hydrogen) atoms. The van der Waals surface area contributed by atoms with Gasteiger partial charge in [-0.25, -0.2) is 0 Å². The molecule has 1 rings (SSSR count). The largest absolute Gasteiger partial charge is 0.381 e. The van der Waals surface area contributed by atoms with Gasteiger partial charge in [-0.1, -0.05) is 0 Å². The van der Waals surface area contributed by atoms with Gasteiger partial charge in [-0.2, -0.15) is 0 Å². The molecule has 0 aromatic heterocycles. The van der Waals surface area contributed by atoms with Crippen molar-refractivity contribution in [1.29, 1.82) is 0 Å². The molecule has 6 nitrogen and oxygen atoms in total. The molecule has 1 aliphatic heterocycles. The molecule has 0 amide bonds. The number of hydrogen-bond donors (Lipinski definition) is 0. The van der Waals surface area contributed by atoms with Crippen LogP contribution in [0.3, 0.4) is 0 Å². The van der Waals surface area contributed by atoms with Crippen LogP contribution in [0.25, 0.3) is 0 Å². The van der Waals surface area contributed by atoms with E-state index in [1.807, 2.05) is 0 Å². The van der Waals surface area contributed by atoms with E-state index in [1.54, 1.807) is 0 Å². The first kappa shape index (κ1) is 19.8. The van der Waals surface area contributed by atoms with Crippen LogP contribution in [0.5, 0.6) is 0 Å². The summed E-state index contributed by atoms with van der Waals surface area (Å²) in [5.74, 6) is 0. The molecule has 1 aliphatic rings. The molecule has 0 N–H and O–H groups in total. The Morgan fingerprint density at radius 2 is 0.409 bits per heavy atom. The Kier molecular flexibility index (Phi) is 15.4. The van der Waals surface area contributed by atoms with Crippen molar-refractivity contribution in [2.24, 2.45) is 0 Å². The quantitative estimate of drug-likeness (QED) is 0.677. The smallest absolute Gasteiger partial charge is 0.0700 e. The molecule has 1 saturated heterocycles. The minimum atomic E-state index is 0.645. The van der Waals surface area contributed by atoms with Crippen molar-refractivity contribution in [1.82, 2.24) is 0 Å². The van der Waals surface area contributed by atoms with Crippen LogP contribution >= 0.6 is 0 Å². The Morgan fingerprint density at radius 1 is 0.227 bits per heavy atom. The standard InChI is InChI=1S/C16H32O6/c1-5-17-6-2-10-21-15-16-22-12-4-8-18-7-3-11-20-14-13-19-9-1/h1-16H2. The highest BCUT2D eigenvalue weighted by atomic mass is 16.5. The van der Waals surface area contributed by atoms with Crippen molar-refractivity contribution in [2.45, 2.75) is 25.7 Å². The van der Waals surface area contributed by atoms with Gasteiger partial charge in [0.05, 0.1) is 26.4 Å². The second-order valence-electron chi connectivity index (χ2n) is 5.09. The topological polar surface area (TPSA) is 55.4 Å². The van der Waals surface area contributed by atoms with Gasteiger partial charge in [0.1, 0.15) is 0 Å². The van der Waals surface area contributed by atoms with Gasteiger partial charge in [0.15, 0.2) is 0 Å². The van der Waals surface area contributed by atoms with E-state index in [4.69, 9.17) is 28.4 Å². The molecule has 1 fully saturated rings. The maximum Gasteiger partial charge on any atom is 0.0700 e. The summed E-state index contributed by atoms with van der Waals surface area (Å²) in [7, 11) is 0. The van der Waals surface area contributed by atoms with Gasteiger partial charge in [0, 0.05) is 52.9 Å². The molecule has 0 spiro atoms. The maximum atomic E-state index is 5.51. The van der Waals surface area contributed by atoms with Gasteiger partial charge in [-0.05, 0) is 25.7 Å². The zero-order valence-electron chi connectivity index (χ0n) is 13.8. The summed E-state index contributed by atoms with van der Waals surface area (Å²) >= 11 is 0. The molecule has 132 valence electrons. The van der Waals surface area contributed by atoms with Gasteiger partial charge >= 0.3 is 0 Å². The summed E-state index contributed by atoms with van der Waals surface area (Å²) < 4.78 is 32.9. The molecular formula is C16H32O6. The fourth-order valence-corrected chi connectivity index (χ4v) is 1.90. The van der Waals surface area contributed by atoms with Crippen molar-refractivity contribution in [2.75, 3.05) is 79.3 Å². The molecule has 0 bridgehead atoms. The van der Waals surface area contributed by atoms with Gasteiger partial charge < -0.3 is 28.4 Å². The Labute approximate surface area is 134 Å². The van der Waals surface area contributed by atoms with Crippen molar-refractivity contribution >= 4 is 0 Å². The predicted molar refractivity (Wildman–Crippen MR) is 83.4 cm³/mol. The highest BCUT2D eigenvalue weighted by Crippen LogP contribution is 1.92. The molecule has 0 radical (unpaired) electrons.